The molecule has 0 aliphatic heterocycles. The van der Waals surface area contributed by atoms with E-state index in [9.17, 15) is 4.79 Å². The van der Waals surface area contributed by atoms with Gasteiger partial charge in [0.1, 0.15) is 0 Å². The highest BCUT2D eigenvalue weighted by Gasteiger charge is 2.18. The Morgan fingerprint density at radius 2 is 2.20 bits per heavy atom. The second kappa shape index (κ2) is 3.15. The highest BCUT2D eigenvalue weighted by molar-refractivity contribution is 5.93. The molecule has 2 N–H and O–H groups in total. The van der Waals surface area contributed by atoms with E-state index in [1.807, 2.05) is 0 Å². The van der Waals surface area contributed by atoms with Gasteiger partial charge in [0.2, 0.25) is 11.6 Å². The lowest BCUT2D eigenvalue weighted by Crippen LogP contribution is -2.04. The third kappa shape index (κ3) is 1.35. The maximum absolute atomic E-state index is 11.1. The SMILES string of the molecule is CC(=O)c1nnn(-c2nonc2N)c1C. The lowest BCUT2D eigenvalue weighted by atomic mass is 10.2. The Bertz CT molecular complexity index is 513. The zero-order valence-electron chi connectivity index (χ0n) is 8.13. The molecule has 0 aromatic carbocycles. The normalized spacial score (nSPS) is 10.5. The highest BCUT2D eigenvalue weighted by Crippen LogP contribution is 2.14. The van der Waals surface area contributed by atoms with Crippen LogP contribution in [0.5, 0.6) is 0 Å². The van der Waals surface area contributed by atoms with Crippen LogP contribution in [0.15, 0.2) is 4.63 Å². The molecule has 0 fully saturated rings. The summed E-state index contributed by atoms with van der Waals surface area (Å²) in [4.78, 5) is 11.1. The third-order valence-electron chi connectivity index (χ3n) is 1.92. The van der Waals surface area contributed by atoms with Gasteiger partial charge in [-0.15, -0.1) is 5.10 Å². The van der Waals surface area contributed by atoms with Crippen LogP contribution in [0.3, 0.4) is 0 Å². The topological polar surface area (TPSA) is 113 Å². The van der Waals surface area contributed by atoms with Gasteiger partial charge in [-0.1, -0.05) is 5.21 Å². The fourth-order valence-electron chi connectivity index (χ4n) is 1.19. The van der Waals surface area contributed by atoms with Crippen molar-refractivity contribution in [2.45, 2.75) is 13.8 Å². The molecule has 0 radical (unpaired) electrons. The Kier molecular flexibility index (Phi) is 1.96. The van der Waals surface area contributed by atoms with Gasteiger partial charge in [0.25, 0.3) is 0 Å². The van der Waals surface area contributed by atoms with E-state index in [4.69, 9.17) is 5.73 Å². The van der Waals surface area contributed by atoms with Crippen LogP contribution in [-0.2, 0) is 0 Å². The molecule has 0 aliphatic rings. The zero-order chi connectivity index (χ0) is 11.0. The number of anilines is 1. The van der Waals surface area contributed by atoms with Crippen molar-refractivity contribution in [3.05, 3.63) is 11.4 Å². The molecule has 0 aliphatic carbocycles. The van der Waals surface area contributed by atoms with Gasteiger partial charge in [0.15, 0.2) is 11.5 Å². The molecule has 2 aromatic heterocycles. The number of carbonyl (C=O) groups is 1. The summed E-state index contributed by atoms with van der Waals surface area (Å²) in [5.41, 5.74) is 6.31. The monoisotopic (exact) mass is 208 g/mol. The number of rotatable bonds is 2. The molecule has 2 aromatic rings. The molecule has 0 bridgehead atoms. The van der Waals surface area contributed by atoms with Crippen molar-refractivity contribution in [3.8, 4) is 5.82 Å². The van der Waals surface area contributed by atoms with E-state index in [1.54, 1.807) is 6.92 Å². The average molecular weight is 208 g/mol. The van der Waals surface area contributed by atoms with Crippen molar-refractivity contribution < 1.29 is 9.42 Å². The number of hydrogen-bond donors (Lipinski definition) is 1. The smallest absolute Gasteiger partial charge is 0.243 e. The molecule has 8 nitrogen and oxygen atoms in total. The van der Waals surface area contributed by atoms with E-state index in [2.05, 4.69) is 25.3 Å². The van der Waals surface area contributed by atoms with E-state index in [0.29, 0.717) is 5.69 Å². The van der Waals surface area contributed by atoms with Gasteiger partial charge in [-0.3, -0.25) is 4.79 Å². The summed E-state index contributed by atoms with van der Waals surface area (Å²) in [6, 6.07) is 0. The number of aromatic nitrogens is 5. The Morgan fingerprint density at radius 3 is 2.67 bits per heavy atom. The summed E-state index contributed by atoms with van der Waals surface area (Å²) in [5, 5.41) is 14.4. The van der Waals surface area contributed by atoms with Crippen LogP contribution in [0.25, 0.3) is 5.82 Å². The minimum absolute atomic E-state index is 0.0955. The van der Waals surface area contributed by atoms with Crippen molar-refractivity contribution in [1.82, 2.24) is 25.3 Å². The van der Waals surface area contributed by atoms with Crippen LogP contribution in [0.4, 0.5) is 5.82 Å². The summed E-state index contributed by atoms with van der Waals surface area (Å²) in [6.07, 6.45) is 0. The highest BCUT2D eigenvalue weighted by atomic mass is 16.6. The maximum Gasteiger partial charge on any atom is 0.243 e. The van der Waals surface area contributed by atoms with Gasteiger partial charge >= 0.3 is 0 Å². The molecule has 0 unspecified atom stereocenters. The Hall–Kier alpha value is -2.25. The van der Waals surface area contributed by atoms with Crippen LogP contribution >= 0.6 is 0 Å². The van der Waals surface area contributed by atoms with Gasteiger partial charge in [-0.25, -0.2) is 4.63 Å². The van der Waals surface area contributed by atoms with Crippen molar-refractivity contribution in [2.75, 3.05) is 5.73 Å². The standard InChI is InChI=1S/C7H8N6O2/c1-3-5(4(2)14)9-12-13(3)7-6(8)10-15-11-7/h1-2H3,(H2,8,10). The van der Waals surface area contributed by atoms with E-state index in [0.717, 1.165) is 0 Å². The first-order chi connectivity index (χ1) is 7.11. The molecule has 0 spiro atoms. The van der Waals surface area contributed by atoms with Crippen LogP contribution in [0.1, 0.15) is 23.1 Å². The fraction of sp³-hybridized carbons (Fsp3) is 0.286. The summed E-state index contributed by atoms with van der Waals surface area (Å²) in [7, 11) is 0. The quantitative estimate of drug-likeness (QED) is 0.676. The van der Waals surface area contributed by atoms with Gasteiger partial charge in [0.05, 0.1) is 5.69 Å². The van der Waals surface area contributed by atoms with Gasteiger partial charge in [-0.05, 0) is 17.2 Å². The van der Waals surface area contributed by atoms with Crippen molar-refractivity contribution in [1.29, 1.82) is 0 Å². The number of hydrogen-bond acceptors (Lipinski definition) is 7. The Balaban J connectivity index is 2.56. The van der Waals surface area contributed by atoms with E-state index in [-0.39, 0.29) is 23.1 Å². The largest absolute Gasteiger partial charge is 0.378 e. The maximum atomic E-state index is 11.1. The number of nitrogens with two attached hydrogens (primary N) is 1. The van der Waals surface area contributed by atoms with Crippen molar-refractivity contribution >= 4 is 11.6 Å². The minimum atomic E-state index is -0.172. The number of Topliss-reactive ketones (excluding diaryl/α,β-unsaturated/α-hetero) is 1. The van der Waals surface area contributed by atoms with Crippen LogP contribution in [0.2, 0.25) is 0 Å². The molecule has 2 heterocycles. The average Bonchev–Trinajstić information content (AvgIpc) is 2.71. The number of nitrogens with zero attached hydrogens (tertiary/aromatic N) is 5. The van der Waals surface area contributed by atoms with Crippen molar-refractivity contribution in [3.63, 3.8) is 0 Å². The molecule has 0 amide bonds. The molecular weight excluding hydrogens is 200 g/mol. The minimum Gasteiger partial charge on any atom is -0.378 e. The summed E-state index contributed by atoms with van der Waals surface area (Å²) in [5.74, 6) is 0.152. The molecule has 0 saturated carbocycles. The van der Waals surface area contributed by atoms with Crippen molar-refractivity contribution in [2.24, 2.45) is 0 Å². The first-order valence-corrected chi connectivity index (χ1v) is 4.13. The molecule has 0 saturated heterocycles. The number of carbonyl (C=O) groups excluding carboxylic acids is 1. The van der Waals surface area contributed by atoms with Gasteiger partial charge in [0, 0.05) is 6.92 Å². The first-order valence-electron chi connectivity index (χ1n) is 4.13. The van der Waals surface area contributed by atoms with Gasteiger partial charge in [-0.2, -0.15) is 4.68 Å². The predicted octanol–water partition coefficient (Wildman–Crippen LogP) is -0.256. The fourth-order valence-corrected chi connectivity index (χ4v) is 1.19. The van der Waals surface area contributed by atoms with E-state index < -0.39 is 0 Å². The lowest BCUT2D eigenvalue weighted by molar-refractivity contribution is 0.101. The summed E-state index contributed by atoms with van der Waals surface area (Å²) in [6.45, 7) is 3.09. The second-order valence-electron chi connectivity index (χ2n) is 2.96. The number of ketones is 1. The molecule has 2 rings (SSSR count). The van der Waals surface area contributed by atoms with Crippen LogP contribution in [-0.4, -0.2) is 31.1 Å². The third-order valence-corrected chi connectivity index (χ3v) is 1.92. The second-order valence-corrected chi connectivity index (χ2v) is 2.96. The van der Waals surface area contributed by atoms with E-state index >= 15 is 0 Å². The Morgan fingerprint density at radius 1 is 1.47 bits per heavy atom. The lowest BCUT2D eigenvalue weighted by Gasteiger charge is -1.96. The summed E-state index contributed by atoms with van der Waals surface area (Å²) >= 11 is 0. The molecular formula is C7H8N6O2. The summed E-state index contributed by atoms with van der Waals surface area (Å²) < 4.78 is 5.73. The molecule has 8 heteroatoms. The molecule has 0 atom stereocenters. The molecule has 15 heavy (non-hydrogen) atoms. The van der Waals surface area contributed by atoms with Gasteiger partial charge < -0.3 is 5.73 Å². The van der Waals surface area contributed by atoms with E-state index in [1.165, 1.54) is 11.6 Å². The zero-order valence-corrected chi connectivity index (χ0v) is 8.13. The first kappa shape index (κ1) is 9.31. The van der Waals surface area contributed by atoms with Crippen LogP contribution < -0.4 is 5.73 Å². The Labute approximate surface area is 84.0 Å². The number of nitrogen functional groups attached to an aromatic ring is 1. The molecule has 78 valence electrons. The predicted molar refractivity (Wildman–Crippen MR) is 48.4 cm³/mol. The van der Waals surface area contributed by atoms with Crippen LogP contribution in [0, 0.1) is 6.92 Å².